The lowest BCUT2D eigenvalue weighted by Gasteiger charge is -2.06. The number of hydrogen-bond donors (Lipinski definition) is 1. The number of carbonyl (C=O) groups excluding carboxylic acids is 1. The van der Waals surface area contributed by atoms with Crippen LogP contribution < -0.4 is 5.32 Å². The summed E-state index contributed by atoms with van der Waals surface area (Å²) in [6.45, 7) is 3.36. The van der Waals surface area contributed by atoms with Crippen LogP contribution in [0.2, 0.25) is 0 Å². The zero-order valence-electron chi connectivity index (χ0n) is 10.8. The molecule has 0 unspecified atom stereocenters. The molecule has 0 amide bonds. The summed E-state index contributed by atoms with van der Waals surface area (Å²) in [4.78, 5) is 11.3. The van der Waals surface area contributed by atoms with Crippen LogP contribution in [-0.4, -0.2) is 24.2 Å². The Morgan fingerprint density at radius 3 is 2.94 bits per heavy atom. The van der Waals surface area contributed by atoms with E-state index in [2.05, 4.69) is 23.0 Å². The van der Waals surface area contributed by atoms with Crippen LogP contribution in [0.15, 0.2) is 30.5 Å². The van der Waals surface area contributed by atoms with Gasteiger partial charge in [0.2, 0.25) is 0 Å². The van der Waals surface area contributed by atoms with E-state index < -0.39 is 0 Å². The first-order valence-corrected chi connectivity index (χ1v) is 6.14. The average Bonchev–Trinajstić information content (AvgIpc) is 2.78. The second kappa shape index (κ2) is 5.58. The second-order valence-corrected chi connectivity index (χ2v) is 4.22. The lowest BCUT2D eigenvalue weighted by atomic mass is 10.2. The van der Waals surface area contributed by atoms with Crippen molar-refractivity contribution in [3.05, 3.63) is 30.5 Å². The number of rotatable bonds is 5. The second-order valence-electron chi connectivity index (χ2n) is 4.22. The SMILES string of the molecule is CCCNc1ccc2c(ccn2CC(=O)OC)c1. The van der Waals surface area contributed by atoms with Gasteiger partial charge in [-0.15, -0.1) is 0 Å². The predicted octanol–water partition coefficient (Wildman–Crippen LogP) is 2.64. The topological polar surface area (TPSA) is 43.3 Å². The Labute approximate surface area is 107 Å². The van der Waals surface area contributed by atoms with Gasteiger partial charge in [0.15, 0.2) is 0 Å². The Bertz CT molecular complexity index is 546. The van der Waals surface area contributed by atoms with Crippen molar-refractivity contribution in [2.75, 3.05) is 19.0 Å². The fraction of sp³-hybridized carbons (Fsp3) is 0.357. The third-order valence-corrected chi connectivity index (χ3v) is 2.88. The summed E-state index contributed by atoms with van der Waals surface area (Å²) in [5.41, 5.74) is 2.16. The van der Waals surface area contributed by atoms with Crippen molar-refractivity contribution in [2.45, 2.75) is 19.9 Å². The molecule has 1 aromatic carbocycles. The molecule has 0 aliphatic carbocycles. The summed E-state index contributed by atoms with van der Waals surface area (Å²) in [5, 5.41) is 4.47. The zero-order valence-corrected chi connectivity index (χ0v) is 10.8. The number of ether oxygens (including phenoxy) is 1. The Morgan fingerprint density at radius 2 is 2.22 bits per heavy atom. The minimum atomic E-state index is -0.235. The minimum Gasteiger partial charge on any atom is -0.468 e. The molecule has 1 N–H and O–H groups in total. The molecule has 0 bridgehead atoms. The van der Waals surface area contributed by atoms with Gasteiger partial charge < -0.3 is 14.6 Å². The van der Waals surface area contributed by atoms with E-state index in [1.807, 2.05) is 29.0 Å². The molecular formula is C14H18N2O2. The number of esters is 1. The standard InChI is InChI=1S/C14H18N2O2/c1-3-7-15-12-4-5-13-11(9-12)6-8-16(13)10-14(17)18-2/h4-6,8-9,15H,3,7,10H2,1-2H3. The van der Waals surface area contributed by atoms with Gasteiger partial charge in [0.1, 0.15) is 6.54 Å². The van der Waals surface area contributed by atoms with Crippen LogP contribution in [0, 0.1) is 0 Å². The Kier molecular flexibility index (Phi) is 3.87. The van der Waals surface area contributed by atoms with Crippen molar-refractivity contribution in [3.8, 4) is 0 Å². The molecule has 18 heavy (non-hydrogen) atoms. The highest BCUT2D eigenvalue weighted by molar-refractivity contribution is 5.85. The summed E-state index contributed by atoms with van der Waals surface area (Å²) in [5.74, 6) is -0.235. The van der Waals surface area contributed by atoms with Gasteiger partial charge in [0.05, 0.1) is 7.11 Å². The maximum absolute atomic E-state index is 11.3. The Morgan fingerprint density at radius 1 is 1.39 bits per heavy atom. The Hall–Kier alpha value is -1.97. The molecule has 4 nitrogen and oxygen atoms in total. The van der Waals surface area contributed by atoms with Crippen LogP contribution in [0.5, 0.6) is 0 Å². The number of aromatic nitrogens is 1. The normalized spacial score (nSPS) is 10.6. The first-order valence-electron chi connectivity index (χ1n) is 6.14. The molecule has 0 saturated carbocycles. The number of nitrogens with one attached hydrogen (secondary N) is 1. The third-order valence-electron chi connectivity index (χ3n) is 2.88. The summed E-state index contributed by atoms with van der Waals surface area (Å²) in [7, 11) is 1.40. The van der Waals surface area contributed by atoms with Gasteiger partial charge in [-0.25, -0.2) is 0 Å². The zero-order chi connectivity index (χ0) is 13.0. The number of nitrogens with zero attached hydrogens (tertiary/aromatic N) is 1. The van der Waals surface area contributed by atoms with E-state index in [-0.39, 0.29) is 12.5 Å². The molecule has 0 spiro atoms. The summed E-state index contributed by atoms with van der Waals surface area (Å²) >= 11 is 0. The number of hydrogen-bond acceptors (Lipinski definition) is 3. The fourth-order valence-electron chi connectivity index (χ4n) is 1.92. The predicted molar refractivity (Wildman–Crippen MR) is 72.7 cm³/mol. The van der Waals surface area contributed by atoms with Crippen LogP contribution in [-0.2, 0) is 16.1 Å². The number of fused-ring (bicyclic) bond motifs is 1. The maximum Gasteiger partial charge on any atom is 0.325 e. The molecular weight excluding hydrogens is 228 g/mol. The summed E-state index contributed by atoms with van der Waals surface area (Å²) in [6, 6.07) is 8.16. The van der Waals surface area contributed by atoms with E-state index in [9.17, 15) is 4.79 Å². The van der Waals surface area contributed by atoms with Gasteiger partial charge in [-0.3, -0.25) is 4.79 Å². The average molecular weight is 246 g/mol. The highest BCUT2D eigenvalue weighted by Crippen LogP contribution is 2.20. The van der Waals surface area contributed by atoms with Crippen molar-refractivity contribution < 1.29 is 9.53 Å². The highest BCUT2D eigenvalue weighted by atomic mass is 16.5. The number of carbonyl (C=O) groups is 1. The molecule has 1 heterocycles. The summed E-state index contributed by atoms with van der Waals surface area (Å²) < 4.78 is 6.57. The molecule has 0 saturated heterocycles. The van der Waals surface area contributed by atoms with Crippen LogP contribution in [0.4, 0.5) is 5.69 Å². The Balaban J connectivity index is 2.23. The van der Waals surface area contributed by atoms with E-state index in [4.69, 9.17) is 0 Å². The van der Waals surface area contributed by atoms with E-state index in [1.165, 1.54) is 7.11 Å². The van der Waals surface area contributed by atoms with E-state index in [1.54, 1.807) is 0 Å². The maximum atomic E-state index is 11.3. The first-order chi connectivity index (χ1) is 8.74. The van der Waals surface area contributed by atoms with Gasteiger partial charge in [-0.2, -0.15) is 0 Å². The fourth-order valence-corrected chi connectivity index (χ4v) is 1.92. The van der Waals surface area contributed by atoms with E-state index >= 15 is 0 Å². The minimum absolute atomic E-state index is 0.235. The summed E-state index contributed by atoms with van der Waals surface area (Å²) in [6.07, 6.45) is 3.01. The van der Waals surface area contributed by atoms with Crippen LogP contribution in [0.25, 0.3) is 10.9 Å². The molecule has 1 aromatic heterocycles. The van der Waals surface area contributed by atoms with Crippen molar-refractivity contribution in [1.29, 1.82) is 0 Å². The van der Waals surface area contributed by atoms with Crippen molar-refractivity contribution in [1.82, 2.24) is 4.57 Å². The van der Waals surface area contributed by atoms with Crippen molar-refractivity contribution in [2.24, 2.45) is 0 Å². The lowest BCUT2D eigenvalue weighted by Crippen LogP contribution is -2.10. The molecule has 0 atom stereocenters. The number of anilines is 1. The number of methoxy groups -OCH3 is 1. The molecule has 2 aromatic rings. The van der Waals surface area contributed by atoms with Crippen molar-refractivity contribution >= 4 is 22.6 Å². The lowest BCUT2D eigenvalue weighted by molar-refractivity contribution is -0.141. The number of benzene rings is 1. The van der Waals surface area contributed by atoms with Gasteiger partial charge in [-0.1, -0.05) is 6.92 Å². The van der Waals surface area contributed by atoms with Gasteiger partial charge >= 0.3 is 5.97 Å². The molecule has 0 fully saturated rings. The molecule has 0 radical (unpaired) electrons. The molecule has 4 heteroatoms. The van der Waals surface area contributed by atoms with E-state index in [0.717, 1.165) is 29.6 Å². The molecule has 2 rings (SSSR count). The smallest absolute Gasteiger partial charge is 0.325 e. The van der Waals surface area contributed by atoms with Crippen molar-refractivity contribution in [3.63, 3.8) is 0 Å². The monoisotopic (exact) mass is 246 g/mol. The van der Waals surface area contributed by atoms with Gasteiger partial charge in [0, 0.05) is 29.3 Å². The van der Waals surface area contributed by atoms with Crippen LogP contribution in [0.3, 0.4) is 0 Å². The third kappa shape index (κ3) is 2.64. The van der Waals surface area contributed by atoms with Gasteiger partial charge in [-0.05, 0) is 30.7 Å². The van der Waals surface area contributed by atoms with Gasteiger partial charge in [0.25, 0.3) is 0 Å². The van der Waals surface area contributed by atoms with E-state index in [0.29, 0.717) is 0 Å². The quantitative estimate of drug-likeness (QED) is 0.825. The largest absolute Gasteiger partial charge is 0.468 e. The highest BCUT2D eigenvalue weighted by Gasteiger charge is 2.06. The van der Waals surface area contributed by atoms with Crippen LogP contribution in [0.1, 0.15) is 13.3 Å². The molecule has 96 valence electrons. The first kappa shape index (κ1) is 12.5. The van der Waals surface area contributed by atoms with Crippen LogP contribution >= 0.6 is 0 Å². The molecule has 0 aliphatic rings. The molecule has 0 aliphatic heterocycles.